The Bertz CT molecular complexity index is 575. The van der Waals surface area contributed by atoms with E-state index in [1.54, 1.807) is 14.1 Å². The zero-order valence-electron chi connectivity index (χ0n) is 11.9. The lowest BCUT2D eigenvalue weighted by molar-refractivity contribution is -0.129. The van der Waals surface area contributed by atoms with Gasteiger partial charge < -0.3 is 20.2 Å². The largest absolute Gasteiger partial charge is 0.478 e. The Labute approximate surface area is 130 Å². The molecule has 0 atom stereocenters. The molecule has 0 aliphatic heterocycles. The molecule has 0 spiro atoms. The molecule has 0 heterocycles. The molecular formula is C13H16BrN3O4. The van der Waals surface area contributed by atoms with E-state index in [-0.39, 0.29) is 18.0 Å². The number of amides is 3. The summed E-state index contributed by atoms with van der Waals surface area (Å²) in [6.45, 7) is -0.0743. The molecule has 3 amide bonds. The van der Waals surface area contributed by atoms with Crippen LogP contribution in [0.15, 0.2) is 22.7 Å². The number of hydrogen-bond donors (Lipinski definition) is 2. The molecule has 0 unspecified atom stereocenters. The number of halogens is 1. The van der Waals surface area contributed by atoms with Crippen LogP contribution in [0.25, 0.3) is 0 Å². The molecule has 7 nitrogen and oxygen atoms in total. The van der Waals surface area contributed by atoms with Gasteiger partial charge in [-0.15, -0.1) is 0 Å². The lowest BCUT2D eigenvalue weighted by Crippen LogP contribution is -2.39. The van der Waals surface area contributed by atoms with Crippen LogP contribution >= 0.6 is 15.9 Å². The van der Waals surface area contributed by atoms with Gasteiger partial charge in [0.15, 0.2) is 0 Å². The zero-order valence-corrected chi connectivity index (χ0v) is 13.5. The molecule has 0 saturated heterocycles. The topological polar surface area (TPSA) is 90.0 Å². The van der Waals surface area contributed by atoms with Gasteiger partial charge in [-0.3, -0.25) is 4.79 Å². The Morgan fingerprint density at radius 1 is 1.24 bits per heavy atom. The van der Waals surface area contributed by atoms with E-state index in [9.17, 15) is 14.4 Å². The number of urea groups is 1. The van der Waals surface area contributed by atoms with Crippen LogP contribution < -0.4 is 5.32 Å². The van der Waals surface area contributed by atoms with E-state index in [2.05, 4.69) is 21.2 Å². The van der Waals surface area contributed by atoms with Crippen LogP contribution in [0.1, 0.15) is 10.4 Å². The second-order valence-corrected chi connectivity index (χ2v) is 5.43. The van der Waals surface area contributed by atoms with E-state index in [1.165, 1.54) is 35.0 Å². The van der Waals surface area contributed by atoms with E-state index < -0.39 is 12.0 Å². The van der Waals surface area contributed by atoms with Crippen molar-refractivity contribution in [1.82, 2.24) is 9.80 Å². The maximum atomic E-state index is 12.0. The Hall–Kier alpha value is -2.09. The molecule has 8 heteroatoms. The first-order valence-electron chi connectivity index (χ1n) is 5.97. The molecule has 0 aliphatic rings. The zero-order chi connectivity index (χ0) is 16.2. The molecule has 0 radical (unpaired) electrons. The molecular weight excluding hydrogens is 342 g/mol. The smallest absolute Gasteiger partial charge is 0.335 e. The number of likely N-dealkylation sites (N-methyl/N-ethyl adjacent to an activating group) is 2. The second-order valence-electron chi connectivity index (χ2n) is 4.57. The molecule has 114 valence electrons. The summed E-state index contributed by atoms with van der Waals surface area (Å²) in [5.41, 5.74) is 0.379. The van der Waals surface area contributed by atoms with E-state index in [0.29, 0.717) is 10.2 Å². The van der Waals surface area contributed by atoms with Gasteiger partial charge in [-0.25, -0.2) is 9.59 Å². The number of carboxylic acids is 1. The Balaban J connectivity index is 2.81. The van der Waals surface area contributed by atoms with E-state index in [0.717, 1.165) is 0 Å². The van der Waals surface area contributed by atoms with Crippen molar-refractivity contribution >= 4 is 39.5 Å². The third kappa shape index (κ3) is 4.75. The molecule has 0 bridgehead atoms. The average molecular weight is 358 g/mol. The minimum absolute atomic E-state index is 0.0560. The predicted molar refractivity (Wildman–Crippen MR) is 81.4 cm³/mol. The molecule has 21 heavy (non-hydrogen) atoms. The minimum Gasteiger partial charge on any atom is -0.478 e. The number of carbonyl (C=O) groups excluding carboxylic acids is 2. The molecule has 1 aromatic rings. The molecule has 0 aliphatic carbocycles. The summed E-state index contributed by atoms with van der Waals surface area (Å²) >= 11 is 3.23. The first-order chi connectivity index (χ1) is 9.72. The normalized spacial score (nSPS) is 9.90. The van der Waals surface area contributed by atoms with Gasteiger partial charge in [0.25, 0.3) is 0 Å². The average Bonchev–Trinajstić information content (AvgIpc) is 2.40. The number of carboxylic acid groups (broad SMARTS) is 1. The van der Waals surface area contributed by atoms with Crippen molar-refractivity contribution in [3.05, 3.63) is 28.2 Å². The van der Waals surface area contributed by atoms with Crippen molar-refractivity contribution in [1.29, 1.82) is 0 Å². The molecule has 1 rings (SSSR count). The highest BCUT2D eigenvalue weighted by molar-refractivity contribution is 9.10. The van der Waals surface area contributed by atoms with Crippen LogP contribution in [-0.2, 0) is 4.79 Å². The summed E-state index contributed by atoms with van der Waals surface area (Å²) in [5, 5.41) is 11.5. The highest BCUT2D eigenvalue weighted by atomic mass is 79.9. The monoisotopic (exact) mass is 357 g/mol. The highest BCUT2D eigenvalue weighted by Gasteiger charge is 2.16. The number of hydrogen-bond acceptors (Lipinski definition) is 3. The Kier molecular flexibility index (Phi) is 5.71. The van der Waals surface area contributed by atoms with Gasteiger partial charge in [-0.05, 0) is 34.1 Å². The molecule has 2 N–H and O–H groups in total. The van der Waals surface area contributed by atoms with Crippen molar-refractivity contribution in [3.63, 3.8) is 0 Å². The van der Waals surface area contributed by atoms with Crippen LogP contribution in [0.2, 0.25) is 0 Å². The number of anilines is 1. The fourth-order valence-electron chi connectivity index (χ4n) is 1.38. The maximum absolute atomic E-state index is 12.0. The SMILES string of the molecule is CN(C)C(=O)CN(C)C(=O)Nc1cc(C(=O)O)ccc1Br. The summed E-state index contributed by atoms with van der Waals surface area (Å²) in [5.74, 6) is -1.31. The number of nitrogens with one attached hydrogen (secondary N) is 1. The van der Waals surface area contributed by atoms with Crippen molar-refractivity contribution in [2.24, 2.45) is 0 Å². The first-order valence-corrected chi connectivity index (χ1v) is 6.76. The fourth-order valence-corrected chi connectivity index (χ4v) is 1.73. The standard InChI is InChI=1S/C13H16BrN3O4/c1-16(2)11(18)7-17(3)13(21)15-10-6-8(12(19)20)4-5-9(10)14/h4-6H,7H2,1-3H3,(H,15,21)(H,19,20). The van der Waals surface area contributed by atoms with Gasteiger partial charge in [0.1, 0.15) is 6.54 Å². The van der Waals surface area contributed by atoms with Gasteiger partial charge in [-0.2, -0.15) is 0 Å². The lowest BCUT2D eigenvalue weighted by Gasteiger charge is -2.20. The van der Waals surface area contributed by atoms with Crippen molar-refractivity contribution in [3.8, 4) is 0 Å². The summed E-state index contributed by atoms with van der Waals surface area (Å²) in [7, 11) is 4.67. The van der Waals surface area contributed by atoms with Crippen LogP contribution in [-0.4, -0.2) is 60.5 Å². The predicted octanol–water partition coefficient (Wildman–Crippen LogP) is 1.70. The molecule has 0 aromatic heterocycles. The third-order valence-electron chi connectivity index (χ3n) is 2.67. The highest BCUT2D eigenvalue weighted by Crippen LogP contribution is 2.24. The van der Waals surface area contributed by atoms with Crippen LogP contribution in [0, 0.1) is 0 Å². The van der Waals surface area contributed by atoms with Crippen LogP contribution in [0.5, 0.6) is 0 Å². The quantitative estimate of drug-likeness (QED) is 0.857. The van der Waals surface area contributed by atoms with E-state index >= 15 is 0 Å². The summed E-state index contributed by atoms with van der Waals surface area (Å²) in [6, 6.07) is 3.78. The number of carbonyl (C=O) groups is 3. The lowest BCUT2D eigenvalue weighted by atomic mass is 10.2. The minimum atomic E-state index is -1.09. The van der Waals surface area contributed by atoms with E-state index in [1.807, 2.05) is 0 Å². The van der Waals surface area contributed by atoms with Gasteiger partial charge >= 0.3 is 12.0 Å². The Morgan fingerprint density at radius 2 is 1.86 bits per heavy atom. The molecule has 0 fully saturated rings. The number of rotatable bonds is 4. The molecule has 0 saturated carbocycles. The first kappa shape index (κ1) is 17.0. The third-order valence-corrected chi connectivity index (χ3v) is 3.36. The van der Waals surface area contributed by atoms with Crippen molar-refractivity contribution in [2.75, 3.05) is 33.0 Å². The number of nitrogens with zero attached hydrogens (tertiary/aromatic N) is 2. The van der Waals surface area contributed by atoms with Gasteiger partial charge in [-0.1, -0.05) is 0 Å². The summed E-state index contributed by atoms with van der Waals surface area (Å²) in [6.07, 6.45) is 0. The number of aromatic carboxylic acids is 1. The van der Waals surface area contributed by atoms with Gasteiger partial charge in [0, 0.05) is 25.6 Å². The molecule has 1 aromatic carbocycles. The second kappa shape index (κ2) is 7.07. The number of benzene rings is 1. The Morgan fingerprint density at radius 3 is 2.38 bits per heavy atom. The van der Waals surface area contributed by atoms with Crippen molar-refractivity contribution < 1.29 is 19.5 Å². The van der Waals surface area contributed by atoms with Gasteiger partial charge in [0.05, 0.1) is 11.3 Å². The fraction of sp³-hybridized carbons (Fsp3) is 0.308. The van der Waals surface area contributed by atoms with Crippen LogP contribution in [0.3, 0.4) is 0 Å². The van der Waals surface area contributed by atoms with Crippen LogP contribution in [0.4, 0.5) is 10.5 Å². The summed E-state index contributed by atoms with van der Waals surface area (Å²) in [4.78, 5) is 37.0. The van der Waals surface area contributed by atoms with E-state index in [4.69, 9.17) is 5.11 Å². The summed E-state index contributed by atoms with van der Waals surface area (Å²) < 4.78 is 0.549. The maximum Gasteiger partial charge on any atom is 0.335 e. The van der Waals surface area contributed by atoms with Gasteiger partial charge in [0.2, 0.25) is 5.91 Å². The van der Waals surface area contributed by atoms with Crippen molar-refractivity contribution in [2.45, 2.75) is 0 Å².